The number of urea groups is 1. The number of aromatic nitrogens is 1. The van der Waals surface area contributed by atoms with Crippen LogP contribution in [0.3, 0.4) is 0 Å². The maximum absolute atomic E-state index is 13.1. The minimum Gasteiger partial charge on any atom is -0.493 e. The van der Waals surface area contributed by atoms with E-state index in [2.05, 4.69) is 15.5 Å². The number of azo groups is 1. The second-order valence-corrected chi connectivity index (χ2v) is 9.41. The van der Waals surface area contributed by atoms with E-state index in [1.165, 1.54) is 24.3 Å². The molecule has 0 fully saturated rings. The number of amides is 2. The number of nitrogens with one attached hydrogen (secondary N) is 1. The van der Waals surface area contributed by atoms with Gasteiger partial charge in [0, 0.05) is 28.3 Å². The molecule has 1 heterocycles. The summed E-state index contributed by atoms with van der Waals surface area (Å²) >= 11 is 1.62. The van der Waals surface area contributed by atoms with Gasteiger partial charge in [0.25, 0.3) is 0 Å². The van der Waals surface area contributed by atoms with E-state index >= 15 is 0 Å². The van der Waals surface area contributed by atoms with Crippen LogP contribution < -0.4 is 5.32 Å². The van der Waals surface area contributed by atoms with Gasteiger partial charge in [-0.3, -0.25) is 0 Å². The summed E-state index contributed by atoms with van der Waals surface area (Å²) in [6.07, 6.45) is 1.54. The number of rotatable bonds is 9. The Morgan fingerprint density at radius 2 is 1.78 bits per heavy atom. The quantitative estimate of drug-likeness (QED) is 0.159. The maximum Gasteiger partial charge on any atom is 0.364 e. The predicted octanol–water partition coefficient (Wildman–Crippen LogP) is 7.24. The molecule has 4 rings (SSSR count). The molecule has 3 aromatic carbocycles. The number of fused-ring (bicyclic) bond motifs is 1. The highest BCUT2D eigenvalue weighted by Crippen LogP contribution is 2.41. The van der Waals surface area contributed by atoms with Crippen LogP contribution in [0.4, 0.5) is 20.6 Å². The molecule has 10 heteroatoms. The number of aryl methyl sites for hydroxylation is 2. The number of carbonyl (C=O) groups excluding carboxylic acids is 1. The first-order chi connectivity index (χ1) is 17.9. The summed E-state index contributed by atoms with van der Waals surface area (Å²) in [6.45, 7) is 2.56. The molecular weight excluding hydrogens is 495 g/mol. The Bertz CT molecular complexity index is 1450. The van der Waals surface area contributed by atoms with Crippen molar-refractivity contribution in [3.05, 3.63) is 83.7 Å². The highest BCUT2D eigenvalue weighted by molar-refractivity contribution is 7.99. The van der Waals surface area contributed by atoms with Gasteiger partial charge >= 0.3 is 12.0 Å². The molecule has 4 aromatic rings. The third-order valence-corrected chi connectivity index (χ3v) is 6.62. The van der Waals surface area contributed by atoms with Crippen molar-refractivity contribution in [2.24, 2.45) is 10.2 Å². The molecule has 0 aliphatic heterocycles. The Balaban J connectivity index is 1.51. The number of anilines is 1. The van der Waals surface area contributed by atoms with Crippen LogP contribution in [-0.2, 0) is 13.0 Å². The van der Waals surface area contributed by atoms with E-state index in [4.69, 9.17) is 5.11 Å². The molecule has 3 N–H and O–H groups in total. The van der Waals surface area contributed by atoms with Gasteiger partial charge in [-0.15, -0.1) is 16.9 Å². The Morgan fingerprint density at radius 1 is 1.05 bits per heavy atom. The van der Waals surface area contributed by atoms with E-state index in [0.717, 1.165) is 34.6 Å². The Morgan fingerprint density at radius 3 is 2.46 bits per heavy atom. The number of carboxylic acid groups (broad SMARTS) is 1. The zero-order valence-corrected chi connectivity index (χ0v) is 20.8. The highest BCUT2D eigenvalue weighted by Gasteiger charge is 2.17. The van der Waals surface area contributed by atoms with Crippen LogP contribution in [0, 0.1) is 5.82 Å². The summed E-state index contributed by atoms with van der Waals surface area (Å²) in [7, 11) is 0. The average molecular weight is 521 g/mol. The first kappa shape index (κ1) is 25.9. The van der Waals surface area contributed by atoms with Gasteiger partial charge in [-0.1, -0.05) is 24.2 Å². The van der Waals surface area contributed by atoms with E-state index in [0.29, 0.717) is 17.6 Å². The van der Waals surface area contributed by atoms with Crippen molar-refractivity contribution in [2.75, 3.05) is 11.1 Å². The lowest BCUT2D eigenvalue weighted by Crippen LogP contribution is -2.05. The minimum absolute atomic E-state index is 0.0733. The molecule has 37 heavy (non-hydrogen) atoms. The number of nitrogens with zero attached hydrogens (tertiary/aromatic N) is 3. The summed E-state index contributed by atoms with van der Waals surface area (Å²) in [4.78, 5) is 24.2. The Kier molecular flexibility index (Phi) is 8.19. The molecule has 0 aliphatic rings. The summed E-state index contributed by atoms with van der Waals surface area (Å²) < 4.78 is 14.8. The molecule has 2 amide bonds. The van der Waals surface area contributed by atoms with E-state index < -0.39 is 17.8 Å². The van der Waals surface area contributed by atoms with Gasteiger partial charge in [-0.2, -0.15) is 0 Å². The van der Waals surface area contributed by atoms with E-state index in [-0.39, 0.29) is 17.1 Å². The predicted molar refractivity (Wildman–Crippen MR) is 142 cm³/mol. The molecule has 1 aromatic heterocycles. The third kappa shape index (κ3) is 6.34. The van der Waals surface area contributed by atoms with Crippen LogP contribution in [0.15, 0.2) is 81.9 Å². The van der Waals surface area contributed by atoms with Crippen LogP contribution in [0.1, 0.15) is 29.3 Å². The third-order valence-electron chi connectivity index (χ3n) is 5.63. The number of hydrogen-bond donors (Lipinski definition) is 3. The number of aromatic hydroxyl groups is 1. The molecule has 0 radical (unpaired) electrons. The molecule has 0 unspecified atom stereocenters. The number of halogens is 1. The van der Waals surface area contributed by atoms with Crippen LogP contribution in [0.2, 0.25) is 0 Å². The van der Waals surface area contributed by atoms with Crippen molar-refractivity contribution < 1.29 is 24.2 Å². The highest BCUT2D eigenvalue weighted by atomic mass is 32.2. The van der Waals surface area contributed by atoms with E-state index in [1.807, 2.05) is 37.3 Å². The number of aromatic carboxylic acids is 1. The van der Waals surface area contributed by atoms with Gasteiger partial charge in [0.05, 0.1) is 11.1 Å². The zero-order valence-electron chi connectivity index (χ0n) is 20.0. The van der Waals surface area contributed by atoms with Gasteiger partial charge in [0.2, 0.25) is 5.88 Å². The van der Waals surface area contributed by atoms with Crippen molar-refractivity contribution in [1.82, 2.24) is 4.57 Å². The van der Waals surface area contributed by atoms with Crippen LogP contribution in [0.5, 0.6) is 5.88 Å². The van der Waals surface area contributed by atoms with Crippen molar-refractivity contribution in [3.63, 3.8) is 0 Å². The molecule has 0 spiro atoms. The topological polar surface area (TPSA) is 116 Å². The fourth-order valence-electron chi connectivity index (χ4n) is 3.82. The van der Waals surface area contributed by atoms with Gasteiger partial charge in [0.1, 0.15) is 5.82 Å². The van der Waals surface area contributed by atoms with Gasteiger partial charge < -0.3 is 20.1 Å². The average Bonchev–Trinajstić information content (AvgIpc) is 3.14. The summed E-state index contributed by atoms with van der Waals surface area (Å²) in [5, 5.41) is 30.8. The fraction of sp³-hybridized carbons (Fsp3) is 0.185. The molecule has 0 saturated heterocycles. The lowest BCUT2D eigenvalue weighted by molar-refractivity contribution is 0.0697. The van der Waals surface area contributed by atoms with E-state index in [9.17, 15) is 19.1 Å². The second kappa shape index (κ2) is 11.7. The lowest BCUT2D eigenvalue weighted by atomic mass is 10.1. The van der Waals surface area contributed by atoms with Gasteiger partial charge in [0.15, 0.2) is 5.69 Å². The van der Waals surface area contributed by atoms with E-state index in [1.54, 1.807) is 28.5 Å². The van der Waals surface area contributed by atoms with Crippen molar-refractivity contribution in [3.8, 4) is 5.88 Å². The van der Waals surface area contributed by atoms with Crippen LogP contribution in [-0.4, -0.2) is 32.5 Å². The van der Waals surface area contributed by atoms with Crippen molar-refractivity contribution >= 4 is 46.0 Å². The molecule has 190 valence electrons. The SMILES string of the molecule is CCCn1c(O)c(N=NC(=O)Nc2ccc(F)cc2)c2cc(SCCc3ccc(C(=O)O)cc3)ccc21. The minimum atomic E-state index is -0.951. The first-order valence-corrected chi connectivity index (χ1v) is 12.6. The van der Waals surface area contributed by atoms with Crippen LogP contribution in [0.25, 0.3) is 10.9 Å². The number of benzene rings is 3. The Hall–Kier alpha value is -4.18. The summed E-state index contributed by atoms with van der Waals surface area (Å²) in [6, 6.07) is 17.1. The summed E-state index contributed by atoms with van der Waals surface area (Å²) in [5.74, 6) is -0.682. The summed E-state index contributed by atoms with van der Waals surface area (Å²) in [5.41, 5.74) is 2.64. The largest absolute Gasteiger partial charge is 0.493 e. The molecule has 8 nitrogen and oxygen atoms in total. The number of thioether (sulfide) groups is 1. The normalized spacial score (nSPS) is 11.3. The van der Waals surface area contributed by atoms with Gasteiger partial charge in [-0.05, 0) is 73.0 Å². The van der Waals surface area contributed by atoms with Crippen molar-refractivity contribution in [1.29, 1.82) is 0 Å². The first-order valence-electron chi connectivity index (χ1n) is 11.6. The van der Waals surface area contributed by atoms with Gasteiger partial charge in [-0.25, -0.2) is 14.0 Å². The Labute approximate surface area is 216 Å². The van der Waals surface area contributed by atoms with Crippen molar-refractivity contribution in [2.45, 2.75) is 31.2 Å². The second-order valence-electron chi connectivity index (χ2n) is 8.24. The number of carboxylic acids is 1. The lowest BCUT2D eigenvalue weighted by Gasteiger charge is -2.06. The smallest absolute Gasteiger partial charge is 0.364 e. The molecular formula is C27H25FN4O4S. The monoisotopic (exact) mass is 520 g/mol. The standard InChI is InChI=1S/C27H25FN4O4S/c1-2-14-32-23-12-11-21(37-15-13-17-3-5-18(6-4-17)26(34)35)16-22(23)24(25(32)33)30-31-27(36)29-20-9-7-19(28)8-10-20/h3-12,16,33H,2,13-15H2,1H3,(H,29,36)(H,34,35). The number of hydrogen-bond acceptors (Lipinski definition) is 5. The van der Waals surface area contributed by atoms with Crippen LogP contribution >= 0.6 is 11.8 Å². The molecule has 0 atom stereocenters. The molecule has 0 bridgehead atoms. The fourth-order valence-corrected chi connectivity index (χ4v) is 4.76. The molecule has 0 aliphatic carbocycles. The maximum atomic E-state index is 13.1. The molecule has 0 saturated carbocycles. The number of carbonyl (C=O) groups is 2. The zero-order chi connectivity index (χ0) is 26.4.